The molecule has 3 aromatic rings. The van der Waals surface area contributed by atoms with Gasteiger partial charge in [-0.2, -0.15) is 0 Å². The number of halogens is 1. The lowest BCUT2D eigenvalue weighted by atomic mass is 10.1. The molecule has 0 saturated carbocycles. The molecule has 1 heterocycles. The van der Waals surface area contributed by atoms with Crippen LogP contribution in [0.4, 0.5) is 10.1 Å². The van der Waals surface area contributed by atoms with Crippen molar-refractivity contribution in [1.29, 1.82) is 0 Å². The molecule has 26 heavy (non-hydrogen) atoms. The summed E-state index contributed by atoms with van der Waals surface area (Å²) < 4.78 is 13.2. The Bertz CT molecular complexity index is 912. The SMILES string of the molecule is O=C(NCc1ccccn1)c1ccc(C(=O)Nc2cccc(F)c2)cc1. The van der Waals surface area contributed by atoms with Crippen LogP contribution in [-0.4, -0.2) is 16.8 Å². The van der Waals surface area contributed by atoms with Gasteiger partial charge in [0.2, 0.25) is 0 Å². The fourth-order valence-electron chi connectivity index (χ4n) is 2.32. The van der Waals surface area contributed by atoms with Crippen LogP contribution >= 0.6 is 0 Å². The molecule has 1 aromatic heterocycles. The number of carbonyl (C=O) groups excluding carboxylic acids is 2. The molecule has 0 aliphatic carbocycles. The Labute approximate surface area is 149 Å². The maximum atomic E-state index is 13.2. The second-order valence-corrected chi connectivity index (χ2v) is 5.55. The minimum absolute atomic E-state index is 0.257. The number of pyridine rings is 1. The predicted octanol–water partition coefficient (Wildman–Crippen LogP) is 3.40. The Morgan fingerprint density at radius 1 is 0.885 bits per heavy atom. The molecule has 2 amide bonds. The number of rotatable bonds is 5. The van der Waals surface area contributed by atoms with Crippen LogP contribution in [0.5, 0.6) is 0 Å². The fourth-order valence-corrected chi connectivity index (χ4v) is 2.32. The van der Waals surface area contributed by atoms with Crippen LogP contribution in [0.2, 0.25) is 0 Å². The van der Waals surface area contributed by atoms with Crippen molar-refractivity contribution < 1.29 is 14.0 Å². The number of aromatic nitrogens is 1. The van der Waals surface area contributed by atoms with E-state index in [9.17, 15) is 14.0 Å². The van der Waals surface area contributed by atoms with Crippen molar-refractivity contribution in [1.82, 2.24) is 10.3 Å². The Balaban J connectivity index is 1.60. The summed E-state index contributed by atoms with van der Waals surface area (Å²) in [6.45, 7) is 0.321. The summed E-state index contributed by atoms with van der Waals surface area (Å²) in [5, 5.41) is 5.37. The van der Waals surface area contributed by atoms with Crippen LogP contribution in [0, 0.1) is 5.82 Å². The molecule has 0 saturated heterocycles. The van der Waals surface area contributed by atoms with Gasteiger partial charge in [0.15, 0.2) is 0 Å². The van der Waals surface area contributed by atoms with Gasteiger partial charge in [-0.25, -0.2) is 4.39 Å². The van der Waals surface area contributed by atoms with Gasteiger partial charge < -0.3 is 10.6 Å². The predicted molar refractivity (Wildman–Crippen MR) is 96.2 cm³/mol. The number of nitrogens with one attached hydrogen (secondary N) is 2. The normalized spacial score (nSPS) is 10.2. The molecule has 2 aromatic carbocycles. The van der Waals surface area contributed by atoms with Gasteiger partial charge in [-0.3, -0.25) is 14.6 Å². The van der Waals surface area contributed by atoms with Gasteiger partial charge in [-0.1, -0.05) is 12.1 Å². The zero-order valence-electron chi connectivity index (χ0n) is 13.8. The first-order valence-electron chi connectivity index (χ1n) is 7.97. The molecule has 0 unspecified atom stereocenters. The molecule has 5 nitrogen and oxygen atoms in total. The quantitative estimate of drug-likeness (QED) is 0.742. The first-order valence-corrected chi connectivity index (χ1v) is 7.97. The molecule has 0 atom stereocenters. The van der Waals surface area contributed by atoms with Crippen LogP contribution in [0.1, 0.15) is 26.4 Å². The van der Waals surface area contributed by atoms with Crippen molar-refractivity contribution in [3.63, 3.8) is 0 Å². The molecule has 3 rings (SSSR count). The molecule has 0 fully saturated rings. The highest BCUT2D eigenvalue weighted by atomic mass is 19.1. The average molecular weight is 349 g/mol. The lowest BCUT2D eigenvalue weighted by Gasteiger charge is -2.07. The molecule has 6 heteroatoms. The van der Waals surface area contributed by atoms with Gasteiger partial charge >= 0.3 is 0 Å². The Morgan fingerprint density at radius 3 is 2.27 bits per heavy atom. The van der Waals surface area contributed by atoms with Crippen molar-refractivity contribution >= 4 is 17.5 Å². The van der Waals surface area contributed by atoms with E-state index in [0.717, 1.165) is 5.69 Å². The Morgan fingerprint density at radius 2 is 1.62 bits per heavy atom. The lowest BCUT2D eigenvalue weighted by molar-refractivity contribution is 0.0948. The molecular weight excluding hydrogens is 333 g/mol. The van der Waals surface area contributed by atoms with E-state index >= 15 is 0 Å². The molecule has 130 valence electrons. The molecule has 0 spiro atoms. The monoisotopic (exact) mass is 349 g/mol. The summed E-state index contributed by atoms with van der Waals surface area (Å²) in [6, 6.07) is 17.3. The van der Waals surface area contributed by atoms with E-state index < -0.39 is 5.82 Å². The molecule has 2 N–H and O–H groups in total. The Kier molecular flexibility index (Phi) is 5.34. The van der Waals surface area contributed by atoms with E-state index in [1.54, 1.807) is 42.6 Å². The van der Waals surface area contributed by atoms with Crippen LogP contribution in [-0.2, 0) is 6.54 Å². The van der Waals surface area contributed by atoms with Crippen molar-refractivity contribution in [2.75, 3.05) is 5.32 Å². The van der Waals surface area contributed by atoms with E-state index in [0.29, 0.717) is 23.4 Å². The average Bonchev–Trinajstić information content (AvgIpc) is 2.67. The molecule has 0 radical (unpaired) electrons. The standard InChI is InChI=1S/C20H16FN3O2/c21-16-4-3-6-17(12-16)24-20(26)15-9-7-14(8-10-15)19(25)23-13-18-5-1-2-11-22-18/h1-12H,13H2,(H,23,25)(H,24,26). The lowest BCUT2D eigenvalue weighted by Crippen LogP contribution is -2.23. The second-order valence-electron chi connectivity index (χ2n) is 5.55. The van der Waals surface area contributed by atoms with E-state index in [1.165, 1.54) is 18.2 Å². The summed E-state index contributed by atoms with van der Waals surface area (Å²) in [6.07, 6.45) is 1.66. The van der Waals surface area contributed by atoms with Gasteiger partial charge in [0.25, 0.3) is 11.8 Å². The van der Waals surface area contributed by atoms with Crippen molar-refractivity contribution in [3.8, 4) is 0 Å². The number of carbonyl (C=O) groups is 2. The highest BCUT2D eigenvalue weighted by molar-refractivity contribution is 6.05. The van der Waals surface area contributed by atoms with Gasteiger partial charge in [0.05, 0.1) is 12.2 Å². The number of amides is 2. The smallest absolute Gasteiger partial charge is 0.255 e. The Hall–Kier alpha value is -3.54. The van der Waals surface area contributed by atoms with Crippen LogP contribution in [0.15, 0.2) is 72.9 Å². The third kappa shape index (κ3) is 4.51. The van der Waals surface area contributed by atoms with Crippen molar-refractivity contribution in [3.05, 3.63) is 95.6 Å². The third-order valence-electron chi connectivity index (χ3n) is 3.65. The number of benzene rings is 2. The van der Waals surface area contributed by atoms with Gasteiger partial charge in [0.1, 0.15) is 5.82 Å². The number of hydrogen-bond acceptors (Lipinski definition) is 3. The number of anilines is 1. The summed E-state index contributed by atoms with van der Waals surface area (Å²) in [7, 11) is 0. The number of hydrogen-bond donors (Lipinski definition) is 2. The van der Waals surface area contributed by atoms with Gasteiger partial charge in [-0.15, -0.1) is 0 Å². The fraction of sp³-hybridized carbons (Fsp3) is 0.0500. The van der Waals surface area contributed by atoms with Gasteiger partial charge in [-0.05, 0) is 54.6 Å². The van der Waals surface area contributed by atoms with E-state index in [1.807, 2.05) is 12.1 Å². The minimum Gasteiger partial charge on any atom is -0.346 e. The van der Waals surface area contributed by atoms with E-state index in [2.05, 4.69) is 15.6 Å². The van der Waals surface area contributed by atoms with E-state index in [-0.39, 0.29) is 11.8 Å². The summed E-state index contributed by atoms with van der Waals surface area (Å²) in [5.41, 5.74) is 1.93. The first kappa shape index (κ1) is 17.3. The largest absolute Gasteiger partial charge is 0.346 e. The molecule has 0 bridgehead atoms. The van der Waals surface area contributed by atoms with Gasteiger partial charge in [0, 0.05) is 23.0 Å². The van der Waals surface area contributed by atoms with E-state index in [4.69, 9.17) is 0 Å². The maximum Gasteiger partial charge on any atom is 0.255 e. The van der Waals surface area contributed by atoms with Crippen LogP contribution < -0.4 is 10.6 Å². The second kappa shape index (κ2) is 8.02. The third-order valence-corrected chi connectivity index (χ3v) is 3.65. The van der Waals surface area contributed by atoms with Crippen LogP contribution in [0.3, 0.4) is 0 Å². The zero-order valence-corrected chi connectivity index (χ0v) is 13.8. The van der Waals surface area contributed by atoms with Crippen molar-refractivity contribution in [2.45, 2.75) is 6.54 Å². The zero-order chi connectivity index (χ0) is 18.4. The summed E-state index contributed by atoms with van der Waals surface area (Å²) in [4.78, 5) is 28.5. The van der Waals surface area contributed by atoms with Crippen molar-refractivity contribution in [2.24, 2.45) is 0 Å². The summed E-state index contributed by atoms with van der Waals surface area (Å²) >= 11 is 0. The minimum atomic E-state index is -0.428. The first-order chi connectivity index (χ1) is 12.6. The molecule has 0 aliphatic heterocycles. The summed E-state index contributed by atoms with van der Waals surface area (Å²) in [5.74, 6) is -1.06. The molecular formula is C20H16FN3O2. The number of nitrogens with zero attached hydrogens (tertiary/aromatic N) is 1. The topological polar surface area (TPSA) is 71.1 Å². The van der Waals surface area contributed by atoms with Crippen LogP contribution in [0.25, 0.3) is 0 Å². The molecule has 0 aliphatic rings. The highest BCUT2D eigenvalue weighted by Crippen LogP contribution is 2.12. The highest BCUT2D eigenvalue weighted by Gasteiger charge is 2.09. The maximum absolute atomic E-state index is 13.2.